The lowest BCUT2D eigenvalue weighted by molar-refractivity contribution is -0.146. The van der Waals surface area contributed by atoms with Crippen LogP contribution in [0.2, 0.25) is 0 Å². The number of carboxylic acid groups (broad SMARTS) is 2. The van der Waals surface area contributed by atoms with Crippen LogP contribution in [0.4, 0.5) is 0 Å². The van der Waals surface area contributed by atoms with Gasteiger partial charge in [-0.1, -0.05) is 12.8 Å². The van der Waals surface area contributed by atoms with E-state index in [1.807, 2.05) is 0 Å². The monoisotopic (exact) mass is 201 g/mol. The summed E-state index contributed by atoms with van der Waals surface area (Å²) in [6.45, 7) is 0. The second-order valence-electron chi connectivity index (χ2n) is 3.64. The van der Waals surface area contributed by atoms with Gasteiger partial charge in [0.1, 0.15) is 6.04 Å². The smallest absolute Gasteiger partial charge is 0.321 e. The van der Waals surface area contributed by atoms with E-state index >= 15 is 0 Å². The summed E-state index contributed by atoms with van der Waals surface area (Å²) in [5, 5.41) is 20.1. The molecule has 1 saturated carbocycles. The van der Waals surface area contributed by atoms with Gasteiger partial charge in [0.05, 0.1) is 6.42 Å². The van der Waals surface area contributed by atoms with Gasteiger partial charge in [-0.25, -0.2) is 0 Å². The first-order valence-electron chi connectivity index (χ1n) is 4.80. The molecular formula is C9H15NO4. The lowest BCUT2D eigenvalue weighted by atomic mass is 10.1. The Kier molecular flexibility index (Phi) is 3.88. The molecule has 0 aromatic carbocycles. The summed E-state index contributed by atoms with van der Waals surface area (Å²) in [7, 11) is 0. The van der Waals surface area contributed by atoms with Crippen LogP contribution >= 0.6 is 0 Å². The van der Waals surface area contributed by atoms with Crippen molar-refractivity contribution in [3.05, 3.63) is 0 Å². The van der Waals surface area contributed by atoms with Gasteiger partial charge in [-0.15, -0.1) is 0 Å². The fourth-order valence-corrected chi connectivity index (χ4v) is 1.77. The van der Waals surface area contributed by atoms with Crippen LogP contribution in [0.15, 0.2) is 0 Å². The first-order valence-corrected chi connectivity index (χ1v) is 4.80. The van der Waals surface area contributed by atoms with Gasteiger partial charge in [-0.3, -0.25) is 9.59 Å². The second-order valence-corrected chi connectivity index (χ2v) is 3.64. The van der Waals surface area contributed by atoms with E-state index in [1.54, 1.807) is 0 Å². The zero-order valence-corrected chi connectivity index (χ0v) is 7.90. The van der Waals surface area contributed by atoms with Crippen molar-refractivity contribution in [2.24, 2.45) is 0 Å². The zero-order chi connectivity index (χ0) is 10.6. The molecule has 80 valence electrons. The second kappa shape index (κ2) is 4.95. The molecule has 0 bridgehead atoms. The number of nitrogens with one attached hydrogen (secondary N) is 1. The van der Waals surface area contributed by atoms with Gasteiger partial charge in [-0.2, -0.15) is 0 Å². The van der Waals surface area contributed by atoms with Crippen LogP contribution in [0.1, 0.15) is 32.1 Å². The summed E-state index contributed by atoms with van der Waals surface area (Å²) in [5.74, 6) is -2.16. The lowest BCUT2D eigenvalue weighted by Crippen LogP contribution is -2.43. The Morgan fingerprint density at radius 1 is 1.29 bits per heavy atom. The number of hydrogen-bond donors (Lipinski definition) is 3. The summed E-state index contributed by atoms with van der Waals surface area (Å²) in [6, 6.07) is -0.772. The lowest BCUT2D eigenvalue weighted by Gasteiger charge is -2.17. The highest BCUT2D eigenvalue weighted by molar-refractivity contribution is 5.80. The van der Waals surface area contributed by atoms with Crippen molar-refractivity contribution in [2.45, 2.75) is 44.2 Å². The molecule has 3 N–H and O–H groups in total. The standard InChI is InChI=1S/C9H15NO4/c11-8(12)5-7(9(13)14)10-6-3-1-2-4-6/h6-7,10H,1-5H2,(H,11,12)(H,13,14). The van der Waals surface area contributed by atoms with E-state index < -0.39 is 18.0 Å². The fourth-order valence-electron chi connectivity index (χ4n) is 1.77. The van der Waals surface area contributed by atoms with Crippen LogP contribution in [-0.4, -0.2) is 34.2 Å². The van der Waals surface area contributed by atoms with Crippen molar-refractivity contribution in [1.29, 1.82) is 0 Å². The molecule has 0 aromatic heterocycles. The third-order valence-electron chi connectivity index (χ3n) is 2.47. The predicted octanol–water partition coefficient (Wildman–Crippen LogP) is 0.446. The summed E-state index contributed by atoms with van der Waals surface area (Å²) in [5.41, 5.74) is 0. The Morgan fingerprint density at radius 2 is 1.86 bits per heavy atom. The summed E-state index contributed by atoms with van der Waals surface area (Å²) < 4.78 is 0. The van der Waals surface area contributed by atoms with Crippen LogP contribution in [0.5, 0.6) is 0 Å². The third kappa shape index (κ3) is 3.33. The molecule has 0 radical (unpaired) electrons. The van der Waals surface area contributed by atoms with Crippen molar-refractivity contribution in [1.82, 2.24) is 5.32 Å². The molecule has 1 aliphatic carbocycles. The molecule has 1 fully saturated rings. The maximum atomic E-state index is 10.7. The minimum Gasteiger partial charge on any atom is -0.481 e. The van der Waals surface area contributed by atoms with Crippen molar-refractivity contribution >= 4 is 11.9 Å². The molecule has 1 rings (SSSR count). The highest BCUT2D eigenvalue weighted by Gasteiger charge is 2.25. The van der Waals surface area contributed by atoms with Gasteiger partial charge < -0.3 is 15.5 Å². The largest absolute Gasteiger partial charge is 0.481 e. The van der Waals surface area contributed by atoms with Gasteiger partial charge in [-0.05, 0) is 12.8 Å². The van der Waals surface area contributed by atoms with E-state index in [-0.39, 0.29) is 12.5 Å². The highest BCUT2D eigenvalue weighted by Crippen LogP contribution is 2.18. The van der Waals surface area contributed by atoms with Gasteiger partial charge in [0.2, 0.25) is 0 Å². The number of hydrogen-bond acceptors (Lipinski definition) is 3. The van der Waals surface area contributed by atoms with E-state index in [0.29, 0.717) is 0 Å². The van der Waals surface area contributed by atoms with Crippen LogP contribution in [0, 0.1) is 0 Å². The Hall–Kier alpha value is -1.10. The summed E-state index contributed by atoms with van der Waals surface area (Å²) in [6.07, 6.45) is 3.73. The predicted molar refractivity (Wildman–Crippen MR) is 49.1 cm³/mol. The minimum absolute atomic E-state index is 0.176. The first kappa shape index (κ1) is 11.0. The molecule has 14 heavy (non-hydrogen) atoms. The normalized spacial score (nSPS) is 19.4. The number of aliphatic carboxylic acids is 2. The van der Waals surface area contributed by atoms with Crippen molar-refractivity contribution < 1.29 is 19.8 Å². The average molecular weight is 201 g/mol. The average Bonchev–Trinajstić information content (AvgIpc) is 2.54. The molecule has 1 unspecified atom stereocenters. The fraction of sp³-hybridized carbons (Fsp3) is 0.778. The van der Waals surface area contributed by atoms with E-state index in [4.69, 9.17) is 10.2 Å². The van der Waals surface area contributed by atoms with Gasteiger partial charge in [0.25, 0.3) is 0 Å². The third-order valence-corrected chi connectivity index (χ3v) is 2.47. The van der Waals surface area contributed by atoms with Crippen molar-refractivity contribution in [3.63, 3.8) is 0 Å². The number of carbonyl (C=O) groups is 2. The van der Waals surface area contributed by atoms with Gasteiger partial charge in [0, 0.05) is 6.04 Å². The molecule has 1 aliphatic rings. The Morgan fingerprint density at radius 3 is 2.29 bits per heavy atom. The SMILES string of the molecule is O=C(O)CC(NC1CCCC1)C(=O)O. The van der Waals surface area contributed by atoms with Crippen molar-refractivity contribution in [2.75, 3.05) is 0 Å². The van der Waals surface area contributed by atoms with Crippen LogP contribution in [0.3, 0.4) is 0 Å². The van der Waals surface area contributed by atoms with Crippen LogP contribution < -0.4 is 5.32 Å². The van der Waals surface area contributed by atoms with E-state index in [1.165, 1.54) is 0 Å². The van der Waals surface area contributed by atoms with Gasteiger partial charge >= 0.3 is 11.9 Å². The molecule has 0 aliphatic heterocycles. The van der Waals surface area contributed by atoms with Crippen LogP contribution in [0.25, 0.3) is 0 Å². The molecule has 0 saturated heterocycles. The van der Waals surface area contributed by atoms with Gasteiger partial charge in [0.15, 0.2) is 0 Å². The topological polar surface area (TPSA) is 86.6 Å². The van der Waals surface area contributed by atoms with E-state index in [0.717, 1.165) is 25.7 Å². The molecule has 1 atom stereocenters. The Bertz CT molecular complexity index is 223. The Balaban J connectivity index is 2.41. The maximum Gasteiger partial charge on any atom is 0.321 e. The summed E-state index contributed by atoms with van der Waals surface area (Å²) in [4.78, 5) is 21.1. The Labute approximate surface area is 82.1 Å². The molecule has 5 heteroatoms. The molecule has 0 spiro atoms. The molecule has 0 aromatic rings. The highest BCUT2D eigenvalue weighted by atomic mass is 16.4. The van der Waals surface area contributed by atoms with Crippen LogP contribution in [-0.2, 0) is 9.59 Å². The van der Waals surface area contributed by atoms with E-state index in [9.17, 15) is 9.59 Å². The number of rotatable bonds is 5. The summed E-state index contributed by atoms with van der Waals surface area (Å²) >= 11 is 0. The van der Waals surface area contributed by atoms with Crippen molar-refractivity contribution in [3.8, 4) is 0 Å². The first-order chi connectivity index (χ1) is 6.59. The maximum absolute atomic E-state index is 10.7. The quantitative estimate of drug-likeness (QED) is 0.601. The minimum atomic E-state index is -1.08. The number of carboxylic acids is 2. The molecular weight excluding hydrogens is 186 g/mol. The molecule has 0 amide bonds. The van der Waals surface area contributed by atoms with E-state index in [2.05, 4.69) is 5.32 Å². The molecule has 0 heterocycles. The molecule has 5 nitrogen and oxygen atoms in total. The zero-order valence-electron chi connectivity index (χ0n) is 7.90.